The largest absolute Gasteiger partial charge is 0.507 e. The van der Waals surface area contributed by atoms with E-state index in [2.05, 4.69) is 15.3 Å². The van der Waals surface area contributed by atoms with Crippen molar-refractivity contribution >= 4 is 58.2 Å². The summed E-state index contributed by atoms with van der Waals surface area (Å²) in [5, 5.41) is 50.9. The first-order valence-electron chi connectivity index (χ1n) is 21.1. The lowest BCUT2D eigenvalue weighted by Gasteiger charge is -2.15. The van der Waals surface area contributed by atoms with Crippen LogP contribution >= 0.6 is 0 Å². The minimum Gasteiger partial charge on any atom is -0.507 e. The number of nitrogens with two attached hydrogens (primary N) is 1. The lowest BCUT2D eigenvalue weighted by molar-refractivity contribution is -0.139. The molecule has 6 aromatic carbocycles. The number of aldehydes is 2. The van der Waals surface area contributed by atoms with Crippen molar-refractivity contribution in [3.8, 4) is 23.0 Å². The molecule has 0 saturated heterocycles. The van der Waals surface area contributed by atoms with E-state index in [9.17, 15) is 44.1 Å². The maximum absolute atomic E-state index is 12.7. The molecule has 0 aliphatic rings. The van der Waals surface area contributed by atoms with Gasteiger partial charge in [-0.25, -0.2) is 9.59 Å². The number of ether oxygens (including phenoxy) is 2. The molecular formula is C52H46N4O13. The molecule has 17 heteroatoms. The molecule has 0 unspecified atom stereocenters. The molecule has 17 nitrogen and oxygen atoms in total. The number of benzene rings is 6. The molecule has 0 spiro atoms. The van der Waals surface area contributed by atoms with Crippen LogP contribution in [0.5, 0.6) is 23.0 Å². The van der Waals surface area contributed by atoms with Crippen molar-refractivity contribution in [2.24, 2.45) is 5.73 Å². The van der Waals surface area contributed by atoms with Gasteiger partial charge in [-0.3, -0.25) is 19.2 Å². The van der Waals surface area contributed by atoms with Crippen molar-refractivity contribution in [3.63, 3.8) is 0 Å². The molecule has 0 fully saturated rings. The fraction of sp³-hybridized carbons (Fsp3) is 0.115. The Morgan fingerprint density at radius 2 is 1.01 bits per heavy atom. The van der Waals surface area contributed by atoms with Crippen LogP contribution in [0.3, 0.4) is 0 Å². The van der Waals surface area contributed by atoms with Crippen molar-refractivity contribution < 1.29 is 63.8 Å². The van der Waals surface area contributed by atoms with Crippen LogP contribution in [0.4, 0.5) is 0 Å². The predicted octanol–water partition coefficient (Wildman–Crippen LogP) is 7.29. The molecule has 0 bridgehead atoms. The number of fused-ring (bicyclic) bond motifs is 2. The third-order valence-electron chi connectivity index (χ3n) is 10.7. The molecule has 2 heterocycles. The summed E-state index contributed by atoms with van der Waals surface area (Å²) < 4.78 is 11.1. The summed E-state index contributed by atoms with van der Waals surface area (Å²) in [5.41, 5.74) is 11.3. The first-order valence-corrected chi connectivity index (χ1v) is 21.1. The summed E-state index contributed by atoms with van der Waals surface area (Å²) in [4.78, 5) is 74.0. The summed E-state index contributed by atoms with van der Waals surface area (Å²) in [7, 11) is 0. The number of carbonyl (C=O) groups is 6. The lowest BCUT2D eigenvalue weighted by atomic mass is 10.0. The third kappa shape index (κ3) is 13.0. The molecule has 0 aliphatic carbocycles. The Kier molecular flexibility index (Phi) is 16.6. The Hall–Kier alpha value is -9.22. The van der Waals surface area contributed by atoms with E-state index in [1.807, 2.05) is 54.7 Å². The fourth-order valence-corrected chi connectivity index (χ4v) is 6.96. The van der Waals surface area contributed by atoms with Crippen LogP contribution in [0.15, 0.2) is 146 Å². The number of phenols is 2. The average Bonchev–Trinajstić information content (AvgIpc) is 3.96. The molecule has 10 N–H and O–H groups in total. The van der Waals surface area contributed by atoms with Crippen LogP contribution in [0.25, 0.3) is 21.8 Å². The van der Waals surface area contributed by atoms with Gasteiger partial charge < -0.3 is 56.0 Å². The maximum atomic E-state index is 12.7. The number of amides is 1. The highest BCUT2D eigenvalue weighted by Gasteiger charge is 2.23. The third-order valence-corrected chi connectivity index (χ3v) is 10.7. The van der Waals surface area contributed by atoms with E-state index in [0.29, 0.717) is 24.6 Å². The Bertz CT molecular complexity index is 3090. The summed E-state index contributed by atoms with van der Waals surface area (Å²) in [6.45, 7) is 0.286. The summed E-state index contributed by atoms with van der Waals surface area (Å²) >= 11 is 0. The lowest BCUT2D eigenvalue weighted by Crippen LogP contribution is -2.42. The number of carboxylic acid groups (broad SMARTS) is 3. The van der Waals surface area contributed by atoms with E-state index >= 15 is 0 Å². The van der Waals surface area contributed by atoms with Crippen molar-refractivity contribution in [2.45, 2.75) is 38.1 Å². The smallest absolute Gasteiger partial charge is 0.335 e. The van der Waals surface area contributed by atoms with Gasteiger partial charge in [-0.1, -0.05) is 72.8 Å². The molecule has 2 aromatic heterocycles. The van der Waals surface area contributed by atoms with Crippen molar-refractivity contribution in [3.05, 3.63) is 190 Å². The number of aromatic hydroxyl groups is 2. The molecule has 69 heavy (non-hydrogen) atoms. The normalized spacial score (nSPS) is 11.4. The predicted molar refractivity (Wildman–Crippen MR) is 254 cm³/mol. The number of carbonyl (C=O) groups excluding carboxylic acids is 3. The topological polar surface area (TPSA) is 292 Å². The van der Waals surface area contributed by atoms with Gasteiger partial charge >= 0.3 is 17.9 Å². The van der Waals surface area contributed by atoms with E-state index in [4.69, 9.17) is 25.4 Å². The number of phenolic OH excluding ortho intramolecular Hbond substituents is 2. The van der Waals surface area contributed by atoms with Gasteiger partial charge in [-0.15, -0.1) is 0 Å². The van der Waals surface area contributed by atoms with Gasteiger partial charge in [0.25, 0.3) is 5.91 Å². The number of hydrogen-bond acceptors (Lipinski definition) is 11. The number of hydrogen-bond donors (Lipinski definition) is 9. The molecule has 1 amide bonds. The molecule has 0 aliphatic heterocycles. The van der Waals surface area contributed by atoms with Gasteiger partial charge in [0.2, 0.25) is 0 Å². The highest BCUT2D eigenvalue weighted by atomic mass is 16.5. The van der Waals surface area contributed by atoms with Gasteiger partial charge in [0.15, 0.2) is 12.6 Å². The van der Waals surface area contributed by atoms with Gasteiger partial charge in [-0.05, 0) is 82.9 Å². The Morgan fingerprint density at radius 1 is 0.565 bits per heavy atom. The van der Waals surface area contributed by atoms with Crippen molar-refractivity contribution in [1.29, 1.82) is 0 Å². The minimum absolute atomic E-state index is 0.0633. The molecule has 352 valence electrons. The Morgan fingerprint density at radius 3 is 1.45 bits per heavy atom. The second-order valence-corrected chi connectivity index (χ2v) is 15.3. The number of rotatable bonds is 17. The van der Waals surface area contributed by atoms with E-state index in [-0.39, 0.29) is 59.3 Å². The zero-order chi connectivity index (χ0) is 49.5. The first-order chi connectivity index (χ1) is 33.3. The van der Waals surface area contributed by atoms with Gasteiger partial charge in [0.05, 0.1) is 16.7 Å². The van der Waals surface area contributed by atoms with Gasteiger partial charge in [-0.2, -0.15) is 0 Å². The number of H-pyrrole nitrogens is 2. The van der Waals surface area contributed by atoms with E-state index in [0.717, 1.165) is 44.1 Å². The number of aromatic carboxylic acids is 1. The van der Waals surface area contributed by atoms with Crippen LogP contribution in [0.1, 0.15) is 63.7 Å². The number of para-hydroxylation sites is 2. The molecule has 0 saturated carbocycles. The molecule has 0 radical (unpaired) electrons. The number of aliphatic carboxylic acids is 2. The zero-order valence-corrected chi connectivity index (χ0v) is 36.6. The van der Waals surface area contributed by atoms with Gasteiger partial charge in [0, 0.05) is 52.6 Å². The number of aromatic amines is 2. The van der Waals surface area contributed by atoms with Crippen molar-refractivity contribution in [1.82, 2.24) is 15.3 Å². The molecule has 8 rings (SSSR count). The van der Waals surface area contributed by atoms with Crippen LogP contribution in [0, 0.1) is 0 Å². The highest BCUT2D eigenvalue weighted by molar-refractivity contribution is 5.97. The standard InChI is InChI=1S/C26H22N2O6.C15H12O5.C11H12N2O2/c29-14-20-23(30)6-3-7-24(20)34-15-16-8-10-17(11-9-16)25(31)28-22(26(32)33)12-18-13-27-21-5-2-1-4-19(18)21;16-8-12-13(17)2-1-3-14(12)20-9-10-4-6-11(7-5-10)15(18)19;12-9(11(14)15)5-7-6-13-10-4-2-1-3-8(7)10/h1-11,13-14,22,27,30H,12,15H2,(H,28,31)(H,32,33);1-8,17H,9H2,(H,18,19);1-4,6,9,13H,5,12H2,(H,14,15)/t22-;;9-/m0.0/s1. The molecular weight excluding hydrogens is 889 g/mol. The van der Waals surface area contributed by atoms with Crippen LogP contribution < -0.4 is 20.5 Å². The Labute approximate surface area is 393 Å². The second kappa shape index (κ2) is 23.3. The monoisotopic (exact) mass is 934 g/mol. The Balaban J connectivity index is 0.000000188. The molecule has 8 aromatic rings. The quantitative estimate of drug-likeness (QED) is 0.0405. The summed E-state index contributed by atoms with van der Waals surface area (Å²) in [6.07, 6.45) is 5.10. The SMILES string of the molecule is N[C@@H](Cc1c[nH]c2ccccc12)C(=O)O.O=Cc1c(O)cccc1OCc1ccc(C(=O)N[C@@H](Cc2c[nH]c3ccccc23)C(=O)O)cc1.O=Cc1c(O)cccc1OCc1ccc(C(=O)O)cc1. The zero-order valence-electron chi connectivity index (χ0n) is 36.6. The van der Waals surface area contributed by atoms with Crippen LogP contribution in [0.2, 0.25) is 0 Å². The minimum atomic E-state index is -1.12. The van der Waals surface area contributed by atoms with Crippen molar-refractivity contribution in [2.75, 3.05) is 0 Å². The maximum Gasteiger partial charge on any atom is 0.335 e. The first kappa shape index (κ1) is 49.2. The summed E-state index contributed by atoms with van der Waals surface area (Å²) in [5.74, 6) is -3.37. The molecule has 2 atom stereocenters. The van der Waals surface area contributed by atoms with E-state index in [1.165, 1.54) is 24.3 Å². The highest BCUT2D eigenvalue weighted by Crippen LogP contribution is 2.28. The summed E-state index contributed by atoms with van der Waals surface area (Å²) in [6, 6.07) is 35.2. The fourth-order valence-electron chi connectivity index (χ4n) is 6.96. The van der Waals surface area contributed by atoms with E-state index in [1.54, 1.807) is 66.9 Å². The van der Waals surface area contributed by atoms with Crippen LogP contribution in [-0.2, 0) is 35.6 Å². The second-order valence-electron chi connectivity index (χ2n) is 15.3. The van der Waals surface area contributed by atoms with Crippen LogP contribution in [-0.4, -0.2) is 84.0 Å². The van der Waals surface area contributed by atoms with Gasteiger partial charge in [0.1, 0.15) is 48.3 Å². The average molecular weight is 935 g/mol. The number of carboxylic acids is 3. The number of nitrogens with one attached hydrogen (secondary N) is 3. The number of aromatic nitrogens is 2. The van der Waals surface area contributed by atoms with E-state index < -0.39 is 35.9 Å².